The highest BCUT2D eigenvalue weighted by Gasteiger charge is 2.36. The minimum Gasteiger partial charge on any atom is -0.496 e. The third kappa shape index (κ3) is 4.83. The predicted octanol–water partition coefficient (Wildman–Crippen LogP) is 4.26. The fraction of sp³-hybridized carbons (Fsp3) is 0.462. The number of methoxy groups -OCH3 is 3. The average Bonchev–Trinajstić information content (AvgIpc) is 3.30. The van der Waals surface area contributed by atoms with Crippen molar-refractivity contribution in [3.05, 3.63) is 53.6 Å². The van der Waals surface area contributed by atoms with E-state index in [-0.39, 0.29) is 11.9 Å². The largest absolute Gasteiger partial charge is 0.496 e. The van der Waals surface area contributed by atoms with Gasteiger partial charge in [-0.25, -0.2) is 5.01 Å². The van der Waals surface area contributed by atoms with Gasteiger partial charge in [0.05, 0.1) is 39.6 Å². The van der Waals surface area contributed by atoms with Gasteiger partial charge in [-0.2, -0.15) is 5.10 Å². The van der Waals surface area contributed by atoms with Gasteiger partial charge in [-0.05, 0) is 50.6 Å². The monoisotopic (exact) mass is 451 g/mol. The summed E-state index contributed by atoms with van der Waals surface area (Å²) < 4.78 is 16.5. The van der Waals surface area contributed by atoms with E-state index in [4.69, 9.17) is 19.3 Å². The first-order valence-electron chi connectivity index (χ1n) is 11.5. The molecule has 1 saturated heterocycles. The predicted molar refractivity (Wildman–Crippen MR) is 128 cm³/mol. The van der Waals surface area contributed by atoms with Gasteiger partial charge in [0.15, 0.2) is 11.5 Å². The summed E-state index contributed by atoms with van der Waals surface area (Å²) in [7, 11) is 4.89. The summed E-state index contributed by atoms with van der Waals surface area (Å²) in [5.41, 5.74) is 2.71. The molecule has 4 rings (SSSR count). The van der Waals surface area contributed by atoms with Crippen molar-refractivity contribution >= 4 is 11.6 Å². The highest BCUT2D eigenvalue weighted by Crippen LogP contribution is 2.39. The summed E-state index contributed by atoms with van der Waals surface area (Å²) in [4.78, 5) is 15.8. The molecular formula is C26H33N3O4. The molecule has 1 fully saturated rings. The molecule has 2 aromatic carbocycles. The SMILES string of the molecule is COc1ccc(C2=NN(C(=O)CN3CCCC[C@@H]3C)[C@@H](c3ccccc3OC)C2)cc1OC. The van der Waals surface area contributed by atoms with E-state index in [1.54, 1.807) is 26.3 Å². The number of amides is 1. The zero-order valence-corrected chi connectivity index (χ0v) is 19.9. The Morgan fingerprint density at radius 3 is 2.48 bits per heavy atom. The standard InChI is InChI=1S/C26H33N3O4/c1-18-9-7-8-14-28(18)17-26(30)29-22(20-10-5-6-11-23(20)31-2)16-21(27-29)19-12-13-24(32-3)25(15-19)33-4/h5-6,10-13,15,18,22H,7-9,14,16-17H2,1-4H3/t18-,22+/m0/s1. The van der Waals surface area contributed by atoms with E-state index >= 15 is 0 Å². The molecule has 33 heavy (non-hydrogen) atoms. The second-order valence-corrected chi connectivity index (χ2v) is 8.63. The Labute approximate surface area is 195 Å². The van der Waals surface area contributed by atoms with Crippen LogP contribution < -0.4 is 14.2 Å². The molecule has 0 spiro atoms. The molecule has 2 aliphatic heterocycles. The van der Waals surface area contributed by atoms with Crippen LogP contribution in [0.15, 0.2) is 47.6 Å². The van der Waals surface area contributed by atoms with Crippen LogP contribution in [0.3, 0.4) is 0 Å². The van der Waals surface area contributed by atoms with E-state index in [2.05, 4.69) is 11.8 Å². The van der Waals surface area contributed by atoms with E-state index in [0.29, 0.717) is 30.5 Å². The van der Waals surface area contributed by atoms with Crippen molar-refractivity contribution in [1.29, 1.82) is 0 Å². The number of likely N-dealkylation sites (tertiary alicyclic amines) is 1. The number of hydrogen-bond acceptors (Lipinski definition) is 6. The Bertz CT molecular complexity index is 1020. The molecular weight excluding hydrogens is 418 g/mol. The van der Waals surface area contributed by atoms with Crippen molar-refractivity contribution in [2.45, 2.75) is 44.7 Å². The van der Waals surface area contributed by atoms with Crippen LogP contribution in [0.2, 0.25) is 0 Å². The molecule has 7 nitrogen and oxygen atoms in total. The molecule has 0 aliphatic carbocycles. The topological polar surface area (TPSA) is 63.6 Å². The molecule has 2 atom stereocenters. The number of ether oxygens (including phenoxy) is 3. The van der Waals surface area contributed by atoms with E-state index < -0.39 is 0 Å². The molecule has 2 aromatic rings. The maximum Gasteiger partial charge on any atom is 0.257 e. The molecule has 0 aromatic heterocycles. The van der Waals surface area contributed by atoms with Crippen molar-refractivity contribution in [2.75, 3.05) is 34.4 Å². The summed E-state index contributed by atoms with van der Waals surface area (Å²) in [5, 5.41) is 6.49. The van der Waals surface area contributed by atoms with Gasteiger partial charge < -0.3 is 14.2 Å². The van der Waals surface area contributed by atoms with Gasteiger partial charge in [0.2, 0.25) is 0 Å². The van der Waals surface area contributed by atoms with Crippen molar-refractivity contribution in [1.82, 2.24) is 9.91 Å². The number of hydrazone groups is 1. The number of carbonyl (C=O) groups is 1. The molecule has 0 N–H and O–H groups in total. The highest BCUT2D eigenvalue weighted by atomic mass is 16.5. The normalized spacial score (nSPS) is 21.0. The highest BCUT2D eigenvalue weighted by molar-refractivity contribution is 6.03. The third-order valence-corrected chi connectivity index (χ3v) is 6.66. The lowest BCUT2D eigenvalue weighted by molar-refractivity contribution is -0.135. The summed E-state index contributed by atoms with van der Waals surface area (Å²) in [6.45, 7) is 3.52. The van der Waals surface area contributed by atoms with E-state index in [9.17, 15) is 4.79 Å². The zero-order chi connectivity index (χ0) is 23.4. The Hall–Kier alpha value is -3.06. The Morgan fingerprint density at radius 2 is 1.76 bits per heavy atom. The summed E-state index contributed by atoms with van der Waals surface area (Å²) in [5.74, 6) is 2.07. The lowest BCUT2D eigenvalue weighted by Gasteiger charge is -2.34. The fourth-order valence-electron chi connectivity index (χ4n) is 4.75. The second kappa shape index (κ2) is 10.3. The number of para-hydroxylation sites is 1. The lowest BCUT2D eigenvalue weighted by atomic mass is 9.97. The molecule has 0 saturated carbocycles. The number of piperidine rings is 1. The van der Waals surface area contributed by atoms with Crippen molar-refractivity contribution in [2.24, 2.45) is 5.10 Å². The van der Waals surface area contributed by atoms with E-state index in [0.717, 1.165) is 42.0 Å². The van der Waals surface area contributed by atoms with Crippen molar-refractivity contribution in [3.63, 3.8) is 0 Å². The summed E-state index contributed by atoms with van der Waals surface area (Å²) in [6, 6.07) is 13.8. The average molecular weight is 452 g/mol. The van der Waals surface area contributed by atoms with Crippen molar-refractivity contribution in [3.8, 4) is 17.2 Å². The van der Waals surface area contributed by atoms with Crippen LogP contribution in [0.1, 0.15) is 49.8 Å². The van der Waals surface area contributed by atoms with E-state index in [1.807, 2.05) is 42.5 Å². The third-order valence-electron chi connectivity index (χ3n) is 6.66. The molecule has 176 valence electrons. The minimum atomic E-state index is -0.225. The lowest BCUT2D eigenvalue weighted by Crippen LogP contribution is -2.44. The van der Waals surface area contributed by atoms with Crippen LogP contribution >= 0.6 is 0 Å². The van der Waals surface area contributed by atoms with Crippen LogP contribution in [0.4, 0.5) is 0 Å². The number of benzene rings is 2. The smallest absolute Gasteiger partial charge is 0.257 e. The van der Waals surface area contributed by atoms with Gasteiger partial charge in [-0.15, -0.1) is 0 Å². The first-order chi connectivity index (χ1) is 16.0. The maximum absolute atomic E-state index is 13.5. The number of rotatable bonds is 7. The van der Waals surface area contributed by atoms with Crippen molar-refractivity contribution < 1.29 is 19.0 Å². The Morgan fingerprint density at radius 1 is 1.00 bits per heavy atom. The number of hydrogen-bond donors (Lipinski definition) is 0. The summed E-state index contributed by atoms with van der Waals surface area (Å²) in [6.07, 6.45) is 4.08. The zero-order valence-electron chi connectivity index (χ0n) is 19.9. The van der Waals surface area contributed by atoms with E-state index in [1.165, 1.54) is 6.42 Å². The van der Waals surface area contributed by atoms with Gasteiger partial charge in [0.25, 0.3) is 5.91 Å². The van der Waals surface area contributed by atoms with Gasteiger partial charge in [-0.1, -0.05) is 24.6 Å². The van der Waals surface area contributed by atoms with Crippen LogP contribution in [-0.2, 0) is 4.79 Å². The van der Waals surface area contributed by atoms with Gasteiger partial charge in [0, 0.05) is 23.6 Å². The van der Waals surface area contributed by atoms with Crippen LogP contribution in [0.5, 0.6) is 17.2 Å². The summed E-state index contributed by atoms with van der Waals surface area (Å²) >= 11 is 0. The quantitative estimate of drug-likeness (QED) is 0.629. The number of carbonyl (C=O) groups excluding carboxylic acids is 1. The van der Waals surface area contributed by atoms with Crippen LogP contribution in [0.25, 0.3) is 0 Å². The molecule has 1 amide bonds. The first kappa shape index (κ1) is 23.1. The second-order valence-electron chi connectivity index (χ2n) is 8.63. The van der Waals surface area contributed by atoms with Gasteiger partial charge in [-0.3, -0.25) is 9.69 Å². The molecule has 0 unspecified atom stereocenters. The number of nitrogens with zero attached hydrogens (tertiary/aromatic N) is 3. The molecule has 7 heteroatoms. The van der Waals surface area contributed by atoms with Gasteiger partial charge in [0.1, 0.15) is 5.75 Å². The molecule has 2 heterocycles. The Balaban J connectivity index is 1.67. The molecule has 0 radical (unpaired) electrons. The molecule has 2 aliphatic rings. The van der Waals surface area contributed by atoms with Gasteiger partial charge >= 0.3 is 0 Å². The maximum atomic E-state index is 13.5. The minimum absolute atomic E-state index is 0.00938. The fourth-order valence-corrected chi connectivity index (χ4v) is 4.75. The Kier molecular flexibility index (Phi) is 7.18. The molecule has 0 bridgehead atoms. The first-order valence-corrected chi connectivity index (χ1v) is 11.5. The van der Waals surface area contributed by atoms with Crippen LogP contribution in [-0.4, -0.2) is 62.0 Å². The van der Waals surface area contributed by atoms with Crippen LogP contribution in [0, 0.1) is 0 Å².